The minimum absolute atomic E-state index is 0.165. The standard InChI is InChI=1S/C20H25BrN4O4/c1-12(2)17(24(3)20(27)28)19(26)25-8-9-29-11-16(25)18-22-10-15(23-18)13-4-6-14(21)7-5-13/h4-7,10,12,16-17H,8-9,11H2,1-3H3,(H,22,23)(H,27,28). The molecule has 1 aliphatic rings. The van der Waals surface area contributed by atoms with E-state index in [1.165, 1.54) is 7.05 Å². The molecule has 2 unspecified atom stereocenters. The van der Waals surface area contributed by atoms with Gasteiger partial charge >= 0.3 is 6.09 Å². The van der Waals surface area contributed by atoms with Crippen LogP contribution in [0, 0.1) is 5.92 Å². The molecule has 1 aliphatic heterocycles. The molecule has 0 saturated carbocycles. The largest absolute Gasteiger partial charge is 0.465 e. The lowest BCUT2D eigenvalue weighted by atomic mass is 10.0. The molecule has 1 aromatic heterocycles. The third kappa shape index (κ3) is 4.62. The van der Waals surface area contributed by atoms with Crippen LogP contribution in [0.3, 0.4) is 0 Å². The summed E-state index contributed by atoms with van der Waals surface area (Å²) in [6, 6.07) is 6.67. The summed E-state index contributed by atoms with van der Waals surface area (Å²) in [7, 11) is 1.43. The topological polar surface area (TPSA) is 98.8 Å². The molecule has 29 heavy (non-hydrogen) atoms. The predicted octanol–water partition coefficient (Wildman–Crippen LogP) is 3.37. The van der Waals surface area contributed by atoms with Crippen LogP contribution in [0.15, 0.2) is 34.9 Å². The lowest BCUT2D eigenvalue weighted by molar-refractivity contribution is -0.146. The van der Waals surface area contributed by atoms with Crippen molar-refractivity contribution in [2.75, 3.05) is 26.8 Å². The summed E-state index contributed by atoms with van der Waals surface area (Å²) in [5, 5.41) is 9.39. The Bertz CT molecular complexity index is 868. The van der Waals surface area contributed by atoms with Gasteiger partial charge in [-0.1, -0.05) is 41.9 Å². The number of H-pyrrole nitrogens is 1. The molecule has 2 amide bonds. The number of amides is 2. The summed E-state index contributed by atoms with van der Waals surface area (Å²) < 4.78 is 6.59. The molecule has 2 aromatic rings. The second-order valence-corrected chi connectivity index (χ2v) is 8.31. The van der Waals surface area contributed by atoms with Crippen molar-refractivity contribution in [3.63, 3.8) is 0 Å². The molecule has 1 aromatic carbocycles. The van der Waals surface area contributed by atoms with Gasteiger partial charge in [-0.15, -0.1) is 0 Å². The molecule has 2 atom stereocenters. The molecule has 156 valence electrons. The van der Waals surface area contributed by atoms with E-state index in [0.717, 1.165) is 20.6 Å². The number of nitrogens with one attached hydrogen (secondary N) is 1. The van der Waals surface area contributed by atoms with Crippen molar-refractivity contribution in [3.8, 4) is 11.3 Å². The third-order valence-electron chi connectivity index (χ3n) is 5.08. The van der Waals surface area contributed by atoms with Crippen molar-refractivity contribution in [1.29, 1.82) is 0 Å². The van der Waals surface area contributed by atoms with Gasteiger partial charge in [0.25, 0.3) is 0 Å². The van der Waals surface area contributed by atoms with Crippen molar-refractivity contribution in [2.24, 2.45) is 5.92 Å². The van der Waals surface area contributed by atoms with Crippen LogP contribution in [0.5, 0.6) is 0 Å². The second-order valence-electron chi connectivity index (χ2n) is 7.39. The summed E-state index contributed by atoms with van der Waals surface area (Å²) in [4.78, 5) is 35.3. The van der Waals surface area contributed by atoms with Crippen molar-refractivity contribution in [2.45, 2.75) is 25.9 Å². The quantitative estimate of drug-likeness (QED) is 0.706. The van der Waals surface area contributed by atoms with E-state index in [2.05, 4.69) is 25.9 Å². The minimum atomic E-state index is -1.13. The number of hydrogen-bond acceptors (Lipinski definition) is 4. The average Bonchev–Trinajstić information content (AvgIpc) is 3.18. The summed E-state index contributed by atoms with van der Waals surface area (Å²) in [5.41, 5.74) is 1.82. The number of carbonyl (C=O) groups is 2. The first-order chi connectivity index (χ1) is 13.8. The Balaban J connectivity index is 1.87. The molecular formula is C20H25BrN4O4. The number of rotatable bonds is 5. The maximum absolute atomic E-state index is 13.3. The van der Waals surface area contributed by atoms with Crippen LogP contribution in [0.2, 0.25) is 0 Å². The molecule has 1 saturated heterocycles. The fraction of sp³-hybridized carbons (Fsp3) is 0.450. The molecule has 0 aliphatic carbocycles. The van der Waals surface area contributed by atoms with Crippen LogP contribution >= 0.6 is 15.9 Å². The fourth-order valence-electron chi connectivity index (χ4n) is 3.56. The zero-order chi connectivity index (χ0) is 21.1. The van der Waals surface area contributed by atoms with E-state index >= 15 is 0 Å². The van der Waals surface area contributed by atoms with Gasteiger partial charge in [0.05, 0.1) is 25.1 Å². The number of carboxylic acid groups (broad SMARTS) is 1. The zero-order valence-corrected chi connectivity index (χ0v) is 18.2. The highest BCUT2D eigenvalue weighted by molar-refractivity contribution is 9.10. The molecule has 2 heterocycles. The highest BCUT2D eigenvalue weighted by atomic mass is 79.9. The molecule has 0 spiro atoms. The Morgan fingerprint density at radius 2 is 2.03 bits per heavy atom. The normalized spacial score (nSPS) is 18.0. The summed E-state index contributed by atoms with van der Waals surface area (Å²) in [6.45, 7) is 4.78. The highest BCUT2D eigenvalue weighted by Crippen LogP contribution is 2.28. The number of hydrogen-bond donors (Lipinski definition) is 2. The average molecular weight is 465 g/mol. The van der Waals surface area contributed by atoms with E-state index in [9.17, 15) is 14.7 Å². The SMILES string of the molecule is CC(C)C(C(=O)N1CCOCC1c1ncc(-c2ccc(Br)cc2)[nH]1)N(C)C(=O)O. The van der Waals surface area contributed by atoms with Crippen LogP contribution in [-0.2, 0) is 9.53 Å². The van der Waals surface area contributed by atoms with Gasteiger partial charge in [0.15, 0.2) is 0 Å². The molecule has 0 bridgehead atoms. The Labute approximate surface area is 178 Å². The number of aromatic nitrogens is 2. The van der Waals surface area contributed by atoms with Crippen molar-refractivity contribution < 1.29 is 19.4 Å². The number of halogens is 1. The second kappa shape index (κ2) is 8.96. The highest BCUT2D eigenvalue weighted by Gasteiger charge is 2.38. The molecule has 9 heteroatoms. The van der Waals surface area contributed by atoms with Crippen molar-refractivity contribution in [1.82, 2.24) is 19.8 Å². The van der Waals surface area contributed by atoms with Crippen LogP contribution in [0.25, 0.3) is 11.3 Å². The van der Waals surface area contributed by atoms with E-state index in [-0.39, 0.29) is 11.8 Å². The fourth-order valence-corrected chi connectivity index (χ4v) is 3.83. The number of nitrogens with zero attached hydrogens (tertiary/aromatic N) is 3. The van der Waals surface area contributed by atoms with Crippen LogP contribution in [-0.4, -0.2) is 69.7 Å². The monoisotopic (exact) mass is 464 g/mol. The van der Waals surface area contributed by atoms with Gasteiger partial charge in [0.2, 0.25) is 5.91 Å². The van der Waals surface area contributed by atoms with E-state index in [1.807, 2.05) is 38.1 Å². The number of carbonyl (C=O) groups excluding carboxylic acids is 1. The lowest BCUT2D eigenvalue weighted by Gasteiger charge is -2.39. The zero-order valence-electron chi connectivity index (χ0n) is 16.6. The smallest absolute Gasteiger partial charge is 0.407 e. The molecule has 0 radical (unpaired) electrons. The van der Waals surface area contributed by atoms with Gasteiger partial charge in [0.1, 0.15) is 17.9 Å². The third-order valence-corrected chi connectivity index (χ3v) is 5.61. The van der Waals surface area contributed by atoms with Gasteiger partial charge in [-0.2, -0.15) is 0 Å². The number of likely N-dealkylation sites (N-methyl/N-ethyl adjacent to an activating group) is 1. The van der Waals surface area contributed by atoms with E-state index in [1.54, 1.807) is 11.1 Å². The van der Waals surface area contributed by atoms with E-state index < -0.39 is 18.2 Å². The number of imidazole rings is 1. The first-order valence-electron chi connectivity index (χ1n) is 9.44. The van der Waals surface area contributed by atoms with Gasteiger partial charge in [-0.3, -0.25) is 9.69 Å². The van der Waals surface area contributed by atoms with E-state index in [0.29, 0.717) is 25.6 Å². The Hall–Kier alpha value is -2.39. The summed E-state index contributed by atoms with van der Waals surface area (Å²) >= 11 is 3.42. The maximum atomic E-state index is 13.3. The van der Waals surface area contributed by atoms with Gasteiger partial charge in [-0.25, -0.2) is 9.78 Å². The molecular weight excluding hydrogens is 440 g/mol. The number of aromatic amines is 1. The van der Waals surface area contributed by atoms with Gasteiger partial charge < -0.3 is 19.7 Å². The van der Waals surface area contributed by atoms with Gasteiger partial charge in [0, 0.05) is 18.1 Å². The molecule has 2 N–H and O–H groups in total. The summed E-state index contributed by atoms with van der Waals surface area (Å²) in [5.74, 6) is 0.221. The molecule has 1 fully saturated rings. The Morgan fingerprint density at radius 3 is 2.66 bits per heavy atom. The lowest BCUT2D eigenvalue weighted by Crippen LogP contribution is -2.55. The summed E-state index contributed by atoms with van der Waals surface area (Å²) in [6.07, 6.45) is 0.608. The minimum Gasteiger partial charge on any atom is -0.465 e. The van der Waals surface area contributed by atoms with Crippen molar-refractivity contribution in [3.05, 3.63) is 40.8 Å². The van der Waals surface area contributed by atoms with Gasteiger partial charge in [-0.05, 0) is 23.6 Å². The van der Waals surface area contributed by atoms with Crippen LogP contribution in [0.4, 0.5) is 4.79 Å². The van der Waals surface area contributed by atoms with Crippen LogP contribution in [0.1, 0.15) is 25.7 Å². The Kier molecular flexibility index (Phi) is 6.59. The van der Waals surface area contributed by atoms with Crippen molar-refractivity contribution >= 4 is 27.9 Å². The maximum Gasteiger partial charge on any atom is 0.407 e. The van der Waals surface area contributed by atoms with E-state index in [4.69, 9.17) is 4.74 Å². The van der Waals surface area contributed by atoms with Crippen LogP contribution < -0.4 is 0 Å². The Morgan fingerprint density at radius 1 is 1.34 bits per heavy atom. The number of benzene rings is 1. The predicted molar refractivity (Wildman–Crippen MR) is 111 cm³/mol. The first kappa shape index (κ1) is 21.3. The number of ether oxygens (including phenoxy) is 1. The first-order valence-corrected chi connectivity index (χ1v) is 10.2. The number of morpholine rings is 1. The molecule has 8 nitrogen and oxygen atoms in total. The molecule has 3 rings (SSSR count).